The summed E-state index contributed by atoms with van der Waals surface area (Å²) in [6.45, 7) is -0.0124. The molecule has 0 unspecified atom stereocenters. The second-order valence-corrected chi connectivity index (χ2v) is 5.89. The molecule has 21 heavy (non-hydrogen) atoms. The first kappa shape index (κ1) is 14.1. The quantitative estimate of drug-likeness (QED) is 0.825. The van der Waals surface area contributed by atoms with E-state index in [1.807, 2.05) is 0 Å². The second-order valence-electron chi connectivity index (χ2n) is 4.54. The summed E-state index contributed by atoms with van der Waals surface area (Å²) < 4.78 is 5.99. The lowest BCUT2D eigenvalue weighted by atomic mass is 10.0. The fourth-order valence-corrected chi connectivity index (χ4v) is 2.94. The van der Waals surface area contributed by atoms with Crippen LogP contribution in [-0.2, 0) is 4.79 Å². The van der Waals surface area contributed by atoms with Crippen molar-refractivity contribution in [1.82, 2.24) is 0 Å². The van der Waals surface area contributed by atoms with Crippen LogP contribution in [-0.4, -0.2) is 18.3 Å². The number of fused-ring (bicyclic) bond motifs is 1. The molecule has 0 saturated heterocycles. The van der Waals surface area contributed by atoms with E-state index >= 15 is 0 Å². The van der Waals surface area contributed by atoms with Crippen LogP contribution in [0.2, 0.25) is 5.02 Å². The number of hydrogen-bond acceptors (Lipinski definition) is 3. The molecule has 0 saturated carbocycles. The summed E-state index contributed by atoms with van der Waals surface area (Å²) >= 11 is 9.27. The summed E-state index contributed by atoms with van der Waals surface area (Å²) in [6.07, 6.45) is 0. The predicted octanol–water partition coefficient (Wildman–Crippen LogP) is 3.66. The number of carbonyl (C=O) groups excluding carboxylic acids is 2. The van der Waals surface area contributed by atoms with Crippen LogP contribution in [0.5, 0.6) is 5.75 Å². The minimum atomic E-state index is -0.238. The molecule has 0 aromatic heterocycles. The highest BCUT2D eigenvalue weighted by Gasteiger charge is 2.18. The Kier molecular flexibility index (Phi) is 3.69. The predicted molar refractivity (Wildman–Crippen MR) is 83.2 cm³/mol. The number of amides is 1. The Labute approximate surface area is 134 Å². The third-order valence-electron chi connectivity index (χ3n) is 3.00. The first-order valence-corrected chi connectivity index (χ1v) is 7.27. The van der Waals surface area contributed by atoms with Gasteiger partial charge < -0.3 is 10.1 Å². The Balaban J connectivity index is 1.98. The van der Waals surface area contributed by atoms with Crippen molar-refractivity contribution in [2.75, 3.05) is 11.9 Å². The van der Waals surface area contributed by atoms with Crippen molar-refractivity contribution in [3.8, 4) is 5.75 Å². The first-order valence-electron chi connectivity index (χ1n) is 6.10. The van der Waals surface area contributed by atoms with Crippen molar-refractivity contribution in [1.29, 1.82) is 0 Å². The normalized spacial score (nSPS) is 13.1. The van der Waals surface area contributed by atoms with Gasteiger partial charge in [0.25, 0.3) is 5.91 Å². The summed E-state index contributed by atoms with van der Waals surface area (Å²) in [7, 11) is 0. The molecule has 0 bridgehead atoms. The van der Waals surface area contributed by atoms with Gasteiger partial charge in [-0.05, 0) is 36.4 Å². The van der Waals surface area contributed by atoms with Gasteiger partial charge in [0, 0.05) is 20.6 Å². The number of halogens is 2. The van der Waals surface area contributed by atoms with E-state index in [4.69, 9.17) is 16.3 Å². The minimum Gasteiger partial charge on any atom is -0.482 e. The number of anilines is 1. The minimum absolute atomic E-state index is 0.0124. The topological polar surface area (TPSA) is 55.4 Å². The average Bonchev–Trinajstić information content (AvgIpc) is 2.44. The molecule has 2 aromatic rings. The largest absolute Gasteiger partial charge is 0.482 e. The van der Waals surface area contributed by atoms with E-state index < -0.39 is 0 Å². The molecular formula is C15H9BrClNO3. The van der Waals surface area contributed by atoms with Crippen LogP contribution in [0.15, 0.2) is 40.9 Å². The Morgan fingerprint density at radius 2 is 2.00 bits per heavy atom. The first-order chi connectivity index (χ1) is 10.0. The molecule has 0 spiro atoms. The van der Waals surface area contributed by atoms with Gasteiger partial charge in [0.05, 0.1) is 5.69 Å². The zero-order valence-electron chi connectivity index (χ0n) is 10.7. The summed E-state index contributed by atoms with van der Waals surface area (Å²) in [5.41, 5.74) is 1.42. The van der Waals surface area contributed by atoms with Crippen molar-refractivity contribution in [2.24, 2.45) is 0 Å². The van der Waals surface area contributed by atoms with E-state index in [0.717, 1.165) is 4.47 Å². The summed E-state index contributed by atoms with van der Waals surface area (Å²) in [5, 5.41) is 3.15. The molecule has 0 radical (unpaired) electrons. The number of carbonyl (C=O) groups is 2. The third kappa shape index (κ3) is 2.94. The monoisotopic (exact) mass is 365 g/mol. The maximum atomic E-state index is 12.5. The molecule has 2 aromatic carbocycles. The lowest BCUT2D eigenvalue weighted by Crippen LogP contribution is -2.25. The lowest BCUT2D eigenvalue weighted by molar-refractivity contribution is -0.118. The van der Waals surface area contributed by atoms with Crippen LogP contribution in [0, 0.1) is 0 Å². The highest BCUT2D eigenvalue weighted by Crippen LogP contribution is 2.30. The van der Waals surface area contributed by atoms with E-state index in [9.17, 15) is 9.59 Å². The van der Waals surface area contributed by atoms with E-state index in [-0.39, 0.29) is 18.3 Å². The molecule has 0 atom stereocenters. The molecule has 3 rings (SSSR count). The zero-order valence-corrected chi connectivity index (χ0v) is 13.0. The maximum absolute atomic E-state index is 12.5. The van der Waals surface area contributed by atoms with Gasteiger partial charge in [-0.2, -0.15) is 0 Å². The van der Waals surface area contributed by atoms with E-state index in [2.05, 4.69) is 21.2 Å². The van der Waals surface area contributed by atoms with E-state index in [1.54, 1.807) is 36.4 Å². The Morgan fingerprint density at radius 3 is 2.76 bits per heavy atom. The molecule has 1 N–H and O–H groups in total. The SMILES string of the molecule is O=C1COc2ccc(C(=O)c3cc(Cl)cc(Br)c3)cc2N1. The van der Waals surface area contributed by atoms with Crippen molar-refractivity contribution < 1.29 is 14.3 Å². The van der Waals surface area contributed by atoms with Crippen LogP contribution in [0.4, 0.5) is 5.69 Å². The van der Waals surface area contributed by atoms with Crippen molar-refractivity contribution >= 4 is 44.9 Å². The van der Waals surface area contributed by atoms with Crippen LogP contribution in [0.3, 0.4) is 0 Å². The van der Waals surface area contributed by atoms with Gasteiger partial charge in [-0.1, -0.05) is 27.5 Å². The average molecular weight is 367 g/mol. The van der Waals surface area contributed by atoms with Gasteiger partial charge in [0.2, 0.25) is 0 Å². The van der Waals surface area contributed by atoms with Crippen LogP contribution in [0.25, 0.3) is 0 Å². The number of benzene rings is 2. The van der Waals surface area contributed by atoms with Crippen LogP contribution >= 0.6 is 27.5 Å². The van der Waals surface area contributed by atoms with Gasteiger partial charge in [-0.25, -0.2) is 0 Å². The number of ketones is 1. The van der Waals surface area contributed by atoms with E-state index in [1.165, 1.54) is 0 Å². The van der Waals surface area contributed by atoms with Gasteiger partial charge in [0.15, 0.2) is 12.4 Å². The zero-order chi connectivity index (χ0) is 15.0. The molecule has 1 heterocycles. The molecular weight excluding hydrogens is 358 g/mol. The maximum Gasteiger partial charge on any atom is 0.262 e. The smallest absolute Gasteiger partial charge is 0.262 e. The Bertz CT molecular complexity index is 740. The van der Waals surface area contributed by atoms with Crippen molar-refractivity contribution in [3.63, 3.8) is 0 Å². The van der Waals surface area contributed by atoms with Crippen LogP contribution in [0.1, 0.15) is 15.9 Å². The van der Waals surface area contributed by atoms with Gasteiger partial charge in [-0.15, -0.1) is 0 Å². The van der Waals surface area contributed by atoms with Gasteiger partial charge in [0.1, 0.15) is 5.75 Å². The van der Waals surface area contributed by atoms with Gasteiger partial charge in [-0.3, -0.25) is 9.59 Å². The third-order valence-corrected chi connectivity index (χ3v) is 3.68. The highest BCUT2D eigenvalue weighted by molar-refractivity contribution is 9.10. The number of rotatable bonds is 2. The summed E-state index contributed by atoms with van der Waals surface area (Å²) in [6, 6.07) is 9.93. The molecule has 4 nitrogen and oxygen atoms in total. The molecule has 0 fully saturated rings. The number of nitrogens with one attached hydrogen (secondary N) is 1. The molecule has 1 aliphatic rings. The fraction of sp³-hybridized carbons (Fsp3) is 0.0667. The Morgan fingerprint density at radius 1 is 1.19 bits per heavy atom. The molecule has 0 aliphatic carbocycles. The summed E-state index contributed by atoms with van der Waals surface area (Å²) in [5.74, 6) is 0.136. The summed E-state index contributed by atoms with van der Waals surface area (Å²) in [4.78, 5) is 23.8. The molecule has 1 aliphatic heterocycles. The fourth-order valence-electron chi connectivity index (χ4n) is 2.08. The number of hydrogen-bond donors (Lipinski definition) is 1. The standard InChI is InChI=1S/C15H9BrClNO3/c16-10-3-9(4-11(17)6-10)15(20)8-1-2-13-12(5-8)18-14(19)7-21-13/h1-6H,7H2,(H,18,19). The molecule has 1 amide bonds. The van der Waals surface area contributed by atoms with Gasteiger partial charge >= 0.3 is 0 Å². The highest BCUT2D eigenvalue weighted by atomic mass is 79.9. The number of ether oxygens (including phenoxy) is 1. The second kappa shape index (κ2) is 5.50. The molecule has 106 valence electrons. The van der Waals surface area contributed by atoms with E-state index in [0.29, 0.717) is 27.6 Å². The van der Waals surface area contributed by atoms with Crippen molar-refractivity contribution in [2.45, 2.75) is 0 Å². The Hall–Kier alpha value is -1.85. The van der Waals surface area contributed by atoms with Crippen LogP contribution < -0.4 is 10.1 Å². The van der Waals surface area contributed by atoms with Crippen molar-refractivity contribution in [3.05, 3.63) is 57.0 Å². The lowest BCUT2D eigenvalue weighted by Gasteiger charge is -2.18. The molecule has 6 heteroatoms.